The van der Waals surface area contributed by atoms with Gasteiger partial charge in [-0.1, -0.05) is 12.2 Å². The first-order valence-corrected chi connectivity index (χ1v) is 5.40. The van der Waals surface area contributed by atoms with E-state index in [1.54, 1.807) is 0 Å². The van der Waals surface area contributed by atoms with E-state index in [2.05, 4.69) is 23.8 Å². The minimum Gasteiger partial charge on any atom is -0.332 e. The van der Waals surface area contributed by atoms with Gasteiger partial charge in [0.15, 0.2) is 0 Å². The van der Waals surface area contributed by atoms with Gasteiger partial charge in [0, 0.05) is 32.2 Å². The molecule has 4 heteroatoms. The van der Waals surface area contributed by atoms with Crippen LogP contribution in [0, 0.1) is 0 Å². The molecular weight excluding hydrogens is 190 g/mol. The minimum absolute atomic E-state index is 0.0265. The van der Waals surface area contributed by atoms with E-state index >= 15 is 0 Å². The number of piperazine rings is 1. The standard InChI is InChI=1S/C11H21N3O/c1-9(2)10(3)12-11(15)14-7-5-13(4)6-8-14/h10H,1,5-8H2,2-4H3,(H,12,15)/t10-/m1/s1. The average molecular weight is 211 g/mol. The van der Waals surface area contributed by atoms with Gasteiger partial charge in [0.25, 0.3) is 0 Å². The monoisotopic (exact) mass is 211 g/mol. The van der Waals surface area contributed by atoms with Gasteiger partial charge in [-0.2, -0.15) is 0 Å². The predicted octanol–water partition coefficient (Wildman–Crippen LogP) is 0.908. The van der Waals surface area contributed by atoms with Crippen LogP contribution < -0.4 is 5.32 Å². The van der Waals surface area contributed by atoms with Crippen molar-refractivity contribution in [2.24, 2.45) is 0 Å². The highest BCUT2D eigenvalue weighted by atomic mass is 16.2. The lowest BCUT2D eigenvalue weighted by Gasteiger charge is -2.33. The largest absolute Gasteiger partial charge is 0.332 e. The van der Waals surface area contributed by atoms with Crippen molar-refractivity contribution in [2.45, 2.75) is 19.9 Å². The molecule has 0 radical (unpaired) electrons. The number of urea groups is 1. The predicted molar refractivity (Wildman–Crippen MR) is 61.9 cm³/mol. The smallest absolute Gasteiger partial charge is 0.317 e. The van der Waals surface area contributed by atoms with Crippen molar-refractivity contribution in [1.29, 1.82) is 0 Å². The van der Waals surface area contributed by atoms with Crippen molar-refractivity contribution < 1.29 is 4.79 Å². The highest BCUT2D eigenvalue weighted by Gasteiger charge is 2.19. The van der Waals surface area contributed by atoms with Crippen LogP contribution in [0.15, 0.2) is 12.2 Å². The maximum Gasteiger partial charge on any atom is 0.317 e. The van der Waals surface area contributed by atoms with E-state index in [1.807, 2.05) is 18.7 Å². The Morgan fingerprint density at radius 1 is 1.33 bits per heavy atom. The third-order valence-electron chi connectivity index (χ3n) is 2.87. The molecule has 0 aromatic rings. The summed E-state index contributed by atoms with van der Waals surface area (Å²) in [5.41, 5.74) is 0.984. The van der Waals surface area contributed by atoms with Gasteiger partial charge < -0.3 is 15.1 Å². The van der Waals surface area contributed by atoms with Gasteiger partial charge in [0.05, 0.1) is 0 Å². The van der Waals surface area contributed by atoms with Gasteiger partial charge in [0.1, 0.15) is 0 Å². The molecule has 1 rings (SSSR count). The topological polar surface area (TPSA) is 35.6 Å². The van der Waals surface area contributed by atoms with E-state index < -0.39 is 0 Å². The van der Waals surface area contributed by atoms with E-state index in [0.29, 0.717) is 0 Å². The van der Waals surface area contributed by atoms with Crippen molar-refractivity contribution in [3.05, 3.63) is 12.2 Å². The fourth-order valence-corrected chi connectivity index (χ4v) is 1.41. The van der Waals surface area contributed by atoms with Gasteiger partial charge >= 0.3 is 6.03 Å². The Kier molecular flexibility index (Phi) is 4.15. The quantitative estimate of drug-likeness (QED) is 0.689. The molecule has 1 atom stereocenters. The number of rotatable bonds is 2. The Morgan fingerprint density at radius 3 is 2.33 bits per heavy atom. The molecule has 15 heavy (non-hydrogen) atoms. The number of hydrogen-bond donors (Lipinski definition) is 1. The van der Waals surface area contributed by atoms with Gasteiger partial charge in [-0.05, 0) is 20.9 Å². The van der Waals surface area contributed by atoms with Gasteiger partial charge in [0.2, 0.25) is 0 Å². The lowest BCUT2D eigenvalue weighted by Crippen LogP contribution is -2.52. The van der Waals surface area contributed by atoms with Crippen molar-refractivity contribution in [2.75, 3.05) is 33.2 Å². The van der Waals surface area contributed by atoms with Crippen LogP contribution in [0.4, 0.5) is 4.79 Å². The van der Waals surface area contributed by atoms with E-state index in [9.17, 15) is 4.79 Å². The number of carbonyl (C=O) groups excluding carboxylic acids is 1. The third-order valence-corrected chi connectivity index (χ3v) is 2.87. The lowest BCUT2D eigenvalue weighted by molar-refractivity contribution is 0.153. The second-order valence-corrected chi connectivity index (χ2v) is 4.31. The minimum atomic E-state index is 0.0265. The van der Waals surface area contributed by atoms with Crippen LogP contribution in [0.25, 0.3) is 0 Å². The van der Waals surface area contributed by atoms with E-state index in [-0.39, 0.29) is 12.1 Å². The SMILES string of the molecule is C=C(C)[C@@H](C)NC(=O)N1CCN(C)CC1. The van der Waals surface area contributed by atoms with E-state index in [0.717, 1.165) is 31.8 Å². The Labute approximate surface area is 91.9 Å². The summed E-state index contributed by atoms with van der Waals surface area (Å²) in [6.07, 6.45) is 0. The Hall–Kier alpha value is -1.03. The maximum absolute atomic E-state index is 11.8. The van der Waals surface area contributed by atoms with Gasteiger partial charge in [-0.3, -0.25) is 0 Å². The molecule has 1 aliphatic rings. The molecular formula is C11H21N3O. The highest BCUT2D eigenvalue weighted by Crippen LogP contribution is 2.02. The van der Waals surface area contributed by atoms with E-state index in [1.165, 1.54) is 0 Å². The number of likely N-dealkylation sites (N-methyl/N-ethyl adjacent to an activating group) is 1. The number of nitrogens with one attached hydrogen (secondary N) is 1. The first kappa shape index (κ1) is 12.0. The number of carbonyl (C=O) groups is 1. The molecule has 0 aliphatic carbocycles. The van der Waals surface area contributed by atoms with Crippen LogP contribution in [-0.4, -0.2) is 55.1 Å². The summed E-state index contributed by atoms with van der Waals surface area (Å²) in [5.74, 6) is 0. The summed E-state index contributed by atoms with van der Waals surface area (Å²) in [5, 5.41) is 2.93. The molecule has 0 spiro atoms. The molecule has 1 aliphatic heterocycles. The molecule has 0 bridgehead atoms. The van der Waals surface area contributed by atoms with Crippen LogP contribution in [0.2, 0.25) is 0 Å². The van der Waals surface area contributed by atoms with Crippen molar-refractivity contribution in [3.8, 4) is 0 Å². The van der Waals surface area contributed by atoms with Crippen LogP contribution in [0.3, 0.4) is 0 Å². The normalized spacial score (nSPS) is 19.8. The highest BCUT2D eigenvalue weighted by molar-refractivity contribution is 5.75. The summed E-state index contributed by atoms with van der Waals surface area (Å²) >= 11 is 0. The van der Waals surface area contributed by atoms with Crippen molar-refractivity contribution >= 4 is 6.03 Å². The Morgan fingerprint density at radius 2 is 1.87 bits per heavy atom. The van der Waals surface area contributed by atoms with Crippen LogP contribution in [0.5, 0.6) is 0 Å². The lowest BCUT2D eigenvalue weighted by atomic mass is 10.2. The molecule has 0 unspecified atom stereocenters. The van der Waals surface area contributed by atoms with Crippen LogP contribution >= 0.6 is 0 Å². The van der Waals surface area contributed by atoms with Gasteiger partial charge in [-0.15, -0.1) is 0 Å². The van der Waals surface area contributed by atoms with Crippen molar-refractivity contribution in [3.63, 3.8) is 0 Å². The number of hydrogen-bond acceptors (Lipinski definition) is 2. The van der Waals surface area contributed by atoms with E-state index in [4.69, 9.17) is 0 Å². The number of amides is 2. The zero-order valence-electron chi connectivity index (χ0n) is 9.92. The first-order chi connectivity index (χ1) is 7.00. The Balaban J connectivity index is 2.37. The molecule has 4 nitrogen and oxygen atoms in total. The summed E-state index contributed by atoms with van der Waals surface area (Å²) in [6.45, 7) is 11.2. The maximum atomic E-state index is 11.8. The molecule has 2 amide bonds. The molecule has 86 valence electrons. The second-order valence-electron chi connectivity index (χ2n) is 4.31. The molecule has 1 saturated heterocycles. The summed E-state index contributed by atoms with van der Waals surface area (Å²) in [7, 11) is 2.08. The fourth-order valence-electron chi connectivity index (χ4n) is 1.41. The zero-order valence-corrected chi connectivity index (χ0v) is 9.92. The second kappa shape index (κ2) is 5.16. The molecule has 1 fully saturated rings. The fraction of sp³-hybridized carbons (Fsp3) is 0.727. The molecule has 0 saturated carbocycles. The summed E-state index contributed by atoms with van der Waals surface area (Å²) < 4.78 is 0. The van der Waals surface area contributed by atoms with Crippen LogP contribution in [0.1, 0.15) is 13.8 Å². The molecule has 0 aromatic carbocycles. The Bertz CT molecular complexity index is 244. The zero-order chi connectivity index (χ0) is 11.4. The van der Waals surface area contributed by atoms with Crippen molar-refractivity contribution in [1.82, 2.24) is 15.1 Å². The third kappa shape index (κ3) is 3.55. The molecule has 1 heterocycles. The number of nitrogens with zero attached hydrogens (tertiary/aromatic N) is 2. The molecule has 1 N–H and O–H groups in total. The average Bonchev–Trinajstić information content (AvgIpc) is 2.18. The van der Waals surface area contributed by atoms with Crippen LogP contribution in [-0.2, 0) is 0 Å². The summed E-state index contributed by atoms with van der Waals surface area (Å²) in [4.78, 5) is 15.9. The summed E-state index contributed by atoms with van der Waals surface area (Å²) in [6, 6.07) is 0.0794. The van der Waals surface area contributed by atoms with Gasteiger partial charge in [-0.25, -0.2) is 4.79 Å². The molecule has 0 aromatic heterocycles. The first-order valence-electron chi connectivity index (χ1n) is 5.40.